The normalized spacial score (nSPS) is 13.5. The summed E-state index contributed by atoms with van der Waals surface area (Å²) in [7, 11) is 1.47. The van der Waals surface area contributed by atoms with E-state index < -0.39 is 36.0 Å². The Labute approximate surface area is 199 Å². The summed E-state index contributed by atoms with van der Waals surface area (Å²) < 4.78 is 10.6. The van der Waals surface area contributed by atoms with Gasteiger partial charge in [-0.25, -0.2) is 4.79 Å². The average Bonchev–Trinajstić information content (AvgIpc) is 3.11. The van der Waals surface area contributed by atoms with Gasteiger partial charge in [0.25, 0.3) is 0 Å². The Kier molecular flexibility index (Phi) is 7.94. The molecule has 0 bridgehead atoms. The Morgan fingerprint density at radius 3 is 2.09 bits per heavy atom. The van der Waals surface area contributed by atoms with E-state index in [1.807, 2.05) is 36.4 Å². The minimum atomic E-state index is -1.14. The van der Waals surface area contributed by atoms with Crippen LogP contribution in [0, 0.1) is 5.41 Å². The van der Waals surface area contributed by atoms with Crippen LogP contribution in [0.1, 0.15) is 37.8 Å². The van der Waals surface area contributed by atoms with E-state index in [1.54, 1.807) is 20.8 Å². The molecule has 0 radical (unpaired) electrons. The van der Waals surface area contributed by atoms with E-state index in [9.17, 15) is 19.5 Å². The van der Waals surface area contributed by atoms with Crippen molar-refractivity contribution in [2.24, 2.45) is 5.41 Å². The van der Waals surface area contributed by atoms with Crippen LogP contribution in [0.3, 0.4) is 0 Å². The number of hydrogen-bond donors (Lipinski definition) is 2. The quantitative estimate of drug-likeness (QED) is 0.584. The van der Waals surface area contributed by atoms with Crippen molar-refractivity contribution in [1.29, 1.82) is 0 Å². The van der Waals surface area contributed by atoms with Crippen LogP contribution >= 0.6 is 0 Å². The monoisotopic (exact) mass is 468 g/mol. The molecule has 1 aliphatic carbocycles. The lowest BCUT2D eigenvalue weighted by Gasteiger charge is -2.34. The maximum atomic E-state index is 13.2. The van der Waals surface area contributed by atoms with Gasteiger partial charge in [-0.2, -0.15) is 0 Å². The van der Waals surface area contributed by atoms with Gasteiger partial charge in [-0.05, 0) is 27.7 Å². The number of carbonyl (C=O) groups is 3. The number of ether oxygens (including phenoxy) is 2. The minimum Gasteiger partial charge on any atom is -0.480 e. The maximum Gasteiger partial charge on any atom is 0.407 e. The van der Waals surface area contributed by atoms with Crippen molar-refractivity contribution in [2.75, 3.05) is 33.4 Å². The van der Waals surface area contributed by atoms with Crippen molar-refractivity contribution in [3.8, 4) is 11.1 Å². The molecule has 0 saturated heterocycles. The number of benzene rings is 2. The van der Waals surface area contributed by atoms with E-state index in [4.69, 9.17) is 9.47 Å². The van der Waals surface area contributed by atoms with Crippen LogP contribution in [-0.4, -0.2) is 67.4 Å². The Bertz CT molecular complexity index is 1000. The highest BCUT2D eigenvalue weighted by Crippen LogP contribution is 2.44. The molecule has 0 fully saturated rings. The number of hydrogen-bond acceptors (Lipinski definition) is 5. The standard InChI is InChI=1S/C26H32N2O6/c1-26(2,3)23(24(31)28(13-14-33-4)15-22(29)30)27-25(32)34-16-21-19-11-7-5-9-17(19)18-10-6-8-12-20(18)21/h5-12,21,23H,13-16H2,1-4H3,(H,27,32)(H,29,30). The highest BCUT2D eigenvalue weighted by molar-refractivity contribution is 5.89. The third kappa shape index (κ3) is 5.75. The van der Waals surface area contributed by atoms with E-state index >= 15 is 0 Å². The fourth-order valence-corrected chi connectivity index (χ4v) is 4.22. The van der Waals surface area contributed by atoms with Gasteiger partial charge in [0.2, 0.25) is 5.91 Å². The molecule has 1 unspecified atom stereocenters. The zero-order valence-electron chi connectivity index (χ0n) is 20.0. The molecular formula is C26H32N2O6. The maximum absolute atomic E-state index is 13.2. The lowest BCUT2D eigenvalue weighted by molar-refractivity contribution is -0.147. The number of rotatable bonds is 9. The summed E-state index contributed by atoms with van der Waals surface area (Å²) in [6, 6.07) is 15.1. The van der Waals surface area contributed by atoms with E-state index in [0.29, 0.717) is 0 Å². The summed E-state index contributed by atoms with van der Waals surface area (Å²) in [4.78, 5) is 38.4. The Morgan fingerprint density at radius 1 is 1.03 bits per heavy atom. The van der Waals surface area contributed by atoms with Crippen LogP contribution in [0.2, 0.25) is 0 Å². The summed E-state index contributed by atoms with van der Waals surface area (Å²) in [6.07, 6.45) is -0.725. The molecule has 0 aromatic heterocycles. The van der Waals surface area contributed by atoms with Crippen LogP contribution in [0.5, 0.6) is 0 Å². The molecule has 182 valence electrons. The van der Waals surface area contributed by atoms with Gasteiger partial charge in [0.05, 0.1) is 6.61 Å². The smallest absolute Gasteiger partial charge is 0.407 e. The third-order valence-corrected chi connectivity index (χ3v) is 5.92. The number of methoxy groups -OCH3 is 1. The van der Waals surface area contributed by atoms with Gasteiger partial charge in [0, 0.05) is 19.6 Å². The number of fused-ring (bicyclic) bond motifs is 3. The number of alkyl carbamates (subject to hydrolysis) is 1. The first-order chi connectivity index (χ1) is 16.1. The van der Waals surface area contributed by atoms with Gasteiger partial charge in [-0.1, -0.05) is 69.3 Å². The number of amides is 2. The lowest BCUT2D eigenvalue weighted by atomic mass is 9.86. The summed E-state index contributed by atoms with van der Waals surface area (Å²) in [5.41, 5.74) is 3.75. The van der Waals surface area contributed by atoms with Gasteiger partial charge in [0.1, 0.15) is 19.2 Å². The molecule has 0 aliphatic heterocycles. The molecule has 1 aliphatic rings. The number of nitrogens with zero attached hydrogens (tertiary/aromatic N) is 1. The van der Waals surface area contributed by atoms with Crippen LogP contribution in [-0.2, 0) is 19.1 Å². The predicted octanol–water partition coefficient (Wildman–Crippen LogP) is 3.50. The fourth-order valence-electron chi connectivity index (χ4n) is 4.22. The molecule has 34 heavy (non-hydrogen) atoms. The highest BCUT2D eigenvalue weighted by Gasteiger charge is 2.37. The second-order valence-electron chi connectivity index (χ2n) is 9.42. The second kappa shape index (κ2) is 10.7. The van der Waals surface area contributed by atoms with Crippen molar-refractivity contribution in [1.82, 2.24) is 10.2 Å². The number of carbonyl (C=O) groups excluding carboxylic acids is 2. The van der Waals surface area contributed by atoms with Crippen molar-refractivity contribution in [3.63, 3.8) is 0 Å². The SMILES string of the molecule is COCCN(CC(=O)O)C(=O)C(NC(=O)OCC1c2ccccc2-c2ccccc21)C(C)(C)C. The lowest BCUT2D eigenvalue weighted by Crippen LogP contribution is -2.56. The molecule has 3 rings (SSSR count). The molecule has 0 saturated carbocycles. The van der Waals surface area contributed by atoms with E-state index in [-0.39, 0.29) is 25.7 Å². The fraction of sp³-hybridized carbons (Fsp3) is 0.423. The summed E-state index contributed by atoms with van der Waals surface area (Å²) in [6.45, 7) is 5.31. The van der Waals surface area contributed by atoms with E-state index in [0.717, 1.165) is 22.3 Å². The van der Waals surface area contributed by atoms with Gasteiger partial charge >= 0.3 is 12.1 Å². The van der Waals surface area contributed by atoms with Crippen molar-refractivity contribution in [2.45, 2.75) is 32.7 Å². The molecule has 8 nitrogen and oxygen atoms in total. The van der Waals surface area contributed by atoms with Crippen molar-refractivity contribution in [3.05, 3.63) is 59.7 Å². The minimum absolute atomic E-state index is 0.0978. The largest absolute Gasteiger partial charge is 0.480 e. The van der Waals surface area contributed by atoms with Gasteiger partial charge < -0.3 is 24.8 Å². The number of carboxylic acids is 1. The zero-order valence-corrected chi connectivity index (χ0v) is 20.0. The first kappa shape index (κ1) is 25.2. The molecule has 1 atom stereocenters. The summed E-state index contributed by atoms with van der Waals surface area (Å²) in [5, 5.41) is 11.9. The first-order valence-electron chi connectivity index (χ1n) is 11.2. The van der Waals surface area contributed by atoms with Gasteiger partial charge in [0.15, 0.2) is 0 Å². The molecule has 2 aromatic rings. The van der Waals surface area contributed by atoms with Crippen LogP contribution < -0.4 is 5.32 Å². The molecular weight excluding hydrogens is 436 g/mol. The van der Waals surface area contributed by atoms with E-state index in [2.05, 4.69) is 17.4 Å². The second-order valence-corrected chi connectivity index (χ2v) is 9.42. The summed E-state index contributed by atoms with van der Waals surface area (Å²) >= 11 is 0. The molecule has 0 spiro atoms. The summed E-state index contributed by atoms with van der Waals surface area (Å²) in [5.74, 6) is -1.74. The predicted molar refractivity (Wildman–Crippen MR) is 128 cm³/mol. The first-order valence-corrected chi connectivity index (χ1v) is 11.2. The molecule has 0 heterocycles. The molecule has 2 amide bonds. The number of carboxylic acid groups (broad SMARTS) is 1. The molecule has 8 heteroatoms. The average molecular weight is 469 g/mol. The van der Waals surface area contributed by atoms with Crippen LogP contribution in [0.25, 0.3) is 11.1 Å². The van der Waals surface area contributed by atoms with Crippen LogP contribution in [0.4, 0.5) is 4.79 Å². The number of nitrogens with one attached hydrogen (secondary N) is 1. The molecule has 2 aromatic carbocycles. The number of aliphatic carboxylic acids is 1. The Balaban J connectivity index is 1.72. The third-order valence-electron chi connectivity index (χ3n) is 5.92. The van der Waals surface area contributed by atoms with Gasteiger partial charge in [-0.3, -0.25) is 9.59 Å². The van der Waals surface area contributed by atoms with Crippen molar-refractivity contribution < 1.29 is 29.0 Å². The highest BCUT2D eigenvalue weighted by atomic mass is 16.5. The molecule has 2 N–H and O–H groups in total. The van der Waals surface area contributed by atoms with E-state index in [1.165, 1.54) is 12.0 Å². The topological polar surface area (TPSA) is 105 Å². The Morgan fingerprint density at radius 2 is 1.59 bits per heavy atom. The van der Waals surface area contributed by atoms with Crippen LogP contribution in [0.15, 0.2) is 48.5 Å². The van der Waals surface area contributed by atoms with Gasteiger partial charge in [-0.15, -0.1) is 0 Å². The zero-order chi connectivity index (χ0) is 24.9. The van der Waals surface area contributed by atoms with Crippen molar-refractivity contribution >= 4 is 18.0 Å². The Hall–Kier alpha value is -3.39.